The number of anilines is 3. The Kier molecular flexibility index (Phi) is 5.35. The molecule has 1 amide bonds. The Balaban J connectivity index is 1.76. The van der Waals surface area contributed by atoms with Gasteiger partial charge in [0.15, 0.2) is 17.5 Å². The molecule has 0 fully saturated rings. The van der Waals surface area contributed by atoms with Crippen LogP contribution in [0.5, 0.6) is 0 Å². The summed E-state index contributed by atoms with van der Waals surface area (Å²) in [6.45, 7) is 2.05. The molecule has 3 rings (SSSR count). The molecule has 0 atom stereocenters. The fraction of sp³-hybridized carbons (Fsp3) is 0.105. The third-order valence-corrected chi connectivity index (χ3v) is 3.79. The van der Waals surface area contributed by atoms with Gasteiger partial charge in [0.2, 0.25) is 5.95 Å². The number of aryl methyl sites for hydroxylation is 1. The maximum atomic E-state index is 13.7. The van der Waals surface area contributed by atoms with Crippen LogP contribution < -0.4 is 10.6 Å². The Morgan fingerprint density at radius 1 is 1.00 bits per heavy atom. The van der Waals surface area contributed by atoms with Crippen molar-refractivity contribution in [1.29, 1.82) is 0 Å². The molecule has 8 heteroatoms. The fourth-order valence-corrected chi connectivity index (χ4v) is 2.31. The van der Waals surface area contributed by atoms with Gasteiger partial charge in [0.05, 0.1) is 5.69 Å². The molecule has 0 spiro atoms. The van der Waals surface area contributed by atoms with Crippen molar-refractivity contribution in [3.63, 3.8) is 0 Å². The van der Waals surface area contributed by atoms with Crippen LogP contribution in [0.25, 0.3) is 0 Å². The van der Waals surface area contributed by atoms with Crippen LogP contribution in [0.3, 0.4) is 0 Å². The van der Waals surface area contributed by atoms with Crippen LogP contribution in [0.2, 0.25) is 0 Å². The molecule has 0 aliphatic carbocycles. The van der Waals surface area contributed by atoms with Crippen LogP contribution in [-0.4, -0.2) is 15.9 Å². The molecule has 2 N–H and O–H groups in total. The molecule has 3 aromatic rings. The summed E-state index contributed by atoms with van der Waals surface area (Å²) in [6, 6.07) is 10.6. The number of carbonyl (C=O) groups excluding carboxylic acids is 1. The molecular weight excluding hydrogens is 357 g/mol. The van der Waals surface area contributed by atoms with Crippen molar-refractivity contribution in [2.75, 3.05) is 10.6 Å². The van der Waals surface area contributed by atoms with Gasteiger partial charge >= 0.3 is 0 Å². The highest BCUT2D eigenvalue weighted by atomic mass is 19.2. The summed E-state index contributed by atoms with van der Waals surface area (Å²) in [7, 11) is 0. The molecule has 0 aliphatic rings. The molecule has 0 aliphatic heterocycles. The second-order valence-electron chi connectivity index (χ2n) is 5.62. The predicted molar refractivity (Wildman–Crippen MR) is 95.4 cm³/mol. The maximum absolute atomic E-state index is 13.7. The number of nitrogens with zero attached hydrogens (tertiary/aromatic N) is 2. The van der Waals surface area contributed by atoms with Gasteiger partial charge in [-0.2, -0.15) is 0 Å². The highest BCUT2D eigenvalue weighted by Gasteiger charge is 2.17. The smallest absolute Gasteiger partial charge is 0.274 e. The van der Waals surface area contributed by atoms with Crippen molar-refractivity contribution >= 4 is 23.2 Å². The molecule has 0 radical (unpaired) electrons. The van der Waals surface area contributed by atoms with Crippen LogP contribution in [-0.2, 0) is 6.42 Å². The van der Waals surface area contributed by atoms with E-state index in [0.29, 0.717) is 0 Å². The van der Waals surface area contributed by atoms with E-state index in [2.05, 4.69) is 20.6 Å². The summed E-state index contributed by atoms with van der Waals surface area (Å²) in [5.74, 6) is -5.10. The first-order valence-electron chi connectivity index (χ1n) is 8.11. The van der Waals surface area contributed by atoms with Gasteiger partial charge in [0, 0.05) is 11.9 Å². The van der Waals surface area contributed by atoms with E-state index in [4.69, 9.17) is 0 Å². The molecule has 1 heterocycles. The van der Waals surface area contributed by atoms with Gasteiger partial charge in [-0.25, -0.2) is 23.1 Å². The Hall–Kier alpha value is -3.42. The lowest BCUT2D eigenvalue weighted by Crippen LogP contribution is -2.16. The van der Waals surface area contributed by atoms with Crippen LogP contribution in [0.4, 0.5) is 30.5 Å². The first-order chi connectivity index (χ1) is 13.0. The van der Waals surface area contributed by atoms with E-state index in [-0.39, 0.29) is 11.6 Å². The average Bonchev–Trinajstić information content (AvgIpc) is 2.69. The van der Waals surface area contributed by atoms with E-state index in [1.807, 2.05) is 31.2 Å². The number of carbonyl (C=O) groups is 1. The Labute approximate surface area is 153 Å². The number of nitrogens with one attached hydrogen (secondary N) is 2. The number of rotatable bonds is 5. The lowest BCUT2D eigenvalue weighted by molar-refractivity contribution is 0.102. The van der Waals surface area contributed by atoms with Crippen LogP contribution >= 0.6 is 0 Å². The zero-order valence-corrected chi connectivity index (χ0v) is 14.3. The molecule has 5 nitrogen and oxygen atoms in total. The van der Waals surface area contributed by atoms with Crippen molar-refractivity contribution < 1.29 is 18.0 Å². The van der Waals surface area contributed by atoms with Crippen LogP contribution in [0.1, 0.15) is 23.0 Å². The summed E-state index contributed by atoms with van der Waals surface area (Å²) in [5, 5.41) is 5.12. The van der Waals surface area contributed by atoms with E-state index in [0.717, 1.165) is 24.2 Å². The third kappa shape index (κ3) is 4.22. The highest BCUT2D eigenvalue weighted by Crippen LogP contribution is 2.20. The highest BCUT2D eigenvalue weighted by molar-refractivity contribution is 6.03. The normalized spacial score (nSPS) is 10.5. The number of hydrogen-bond donors (Lipinski definition) is 2. The van der Waals surface area contributed by atoms with Gasteiger partial charge in [-0.05, 0) is 42.3 Å². The second kappa shape index (κ2) is 7.86. The molecular formula is C19H15F3N4O. The van der Waals surface area contributed by atoms with Gasteiger partial charge in [-0.15, -0.1) is 0 Å². The molecule has 27 heavy (non-hydrogen) atoms. The van der Waals surface area contributed by atoms with Crippen molar-refractivity contribution in [2.24, 2.45) is 0 Å². The molecule has 1 aromatic heterocycles. The lowest BCUT2D eigenvalue weighted by Gasteiger charge is -2.09. The quantitative estimate of drug-likeness (QED) is 0.650. The van der Waals surface area contributed by atoms with Gasteiger partial charge in [0.25, 0.3) is 5.91 Å². The Bertz CT molecular complexity index is 977. The van der Waals surface area contributed by atoms with Crippen molar-refractivity contribution in [2.45, 2.75) is 13.3 Å². The minimum Gasteiger partial charge on any atom is -0.324 e. The monoisotopic (exact) mass is 372 g/mol. The lowest BCUT2D eigenvalue weighted by atomic mass is 10.1. The minimum absolute atomic E-state index is 0.0678. The second-order valence-corrected chi connectivity index (χ2v) is 5.62. The average molecular weight is 372 g/mol. The van der Waals surface area contributed by atoms with Crippen molar-refractivity contribution in [3.05, 3.63) is 77.4 Å². The first-order valence-corrected chi connectivity index (χ1v) is 8.11. The molecule has 0 unspecified atom stereocenters. The molecule has 0 bridgehead atoms. The topological polar surface area (TPSA) is 66.9 Å². The summed E-state index contributed by atoms with van der Waals surface area (Å²) in [6.07, 6.45) is 2.26. The summed E-state index contributed by atoms with van der Waals surface area (Å²) < 4.78 is 39.9. The standard InChI is InChI=1S/C19H15F3N4O/c1-2-11-3-5-12(6-4-11)24-19-23-10-9-15(26-19)18(27)25-14-8-7-13(20)16(21)17(14)22/h3-10H,2H2,1H3,(H,25,27)(H,23,24,26). The zero-order chi connectivity index (χ0) is 19.4. The summed E-state index contributed by atoms with van der Waals surface area (Å²) >= 11 is 0. The third-order valence-electron chi connectivity index (χ3n) is 3.79. The fourth-order valence-electron chi connectivity index (χ4n) is 2.31. The largest absolute Gasteiger partial charge is 0.324 e. The van der Waals surface area contributed by atoms with Gasteiger partial charge in [-0.3, -0.25) is 4.79 Å². The summed E-state index contributed by atoms with van der Waals surface area (Å²) in [5.41, 5.74) is 1.35. The Morgan fingerprint density at radius 2 is 1.74 bits per heavy atom. The Morgan fingerprint density at radius 3 is 2.44 bits per heavy atom. The minimum atomic E-state index is -1.66. The van der Waals surface area contributed by atoms with Crippen molar-refractivity contribution in [3.8, 4) is 0 Å². The maximum Gasteiger partial charge on any atom is 0.274 e. The van der Waals surface area contributed by atoms with Gasteiger partial charge in [0.1, 0.15) is 5.69 Å². The van der Waals surface area contributed by atoms with Gasteiger partial charge < -0.3 is 10.6 Å². The first kappa shape index (κ1) is 18.4. The van der Waals surface area contributed by atoms with E-state index in [1.54, 1.807) is 0 Å². The number of benzene rings is 2. The van der Waals surface area contributed by atoms with Gasteiger partial charge in [-0.1, -0.05) is 19.1 Å². The number of amides is 1. The van der Waals surface area contributed by atoms with Crippen LogP contribution in [0.15, 0.2) is 48.7 Å². The van der Waals surface area contributed by atoms with Crippen LogP contribution in [0, 0.1) is 17.5 Å². The van der Waals surface area contributed by atoms with E-state index >= 15 is 0 Å². The molecule has 0 saturated heterocycles. The molecule has 2 aromatic carbocycles. The zero-order valence-electron chi connectivity index (χ0n) is 14.3. The predicted octanol–water partition coefficient (Wildman–Crippen LogP) is 4.45. The van der Waals surface area contributed by atoms with E-state index < -0.39 is 29.0 Å². The van der Waals surface area contributed by atoms with Crippen molar-refractivity contribution in [1.82, 2.24) is 9.97 Å². The molecule has 0 saturated carbocycles. The number of halogens is 3. The molecule has 138 valence electrons. The SMILES string of the molecule is CCc1ccc(Nc2nccc(C(=O)Nc3ccc(F)c(F)c3F)n2)cc1. The van der Waals surface area contributed by atoms with E-state index in [9.17, 15) is 18.0 Å². The van der Waals surface area contributed by atoms with E-state index in [1.165, 1.54) is 17.8 Å². The summed E-state index contributed by atoms with van der Waals surface area (Å²) in [4.78, 5) is 20.3. The number of aromatic nitrogens is 2. The number of hydrogen-bond acceptors (Lipinski definition) is 4.